The second kappa shape index (κ2) is 6.42. The minimum atomic E-state index is -0.193. The van der Waals surface area contributed by atoms with Crippen molar-refractivity contribution in [1.82, 2.24) is 5.32 Å². The largest absolute Gasteiger partial charge is 0.451 e. The Balaban J connectivity index is 0.00000162. The maximum absolute atomic E-state index is 11.8. The van der Waals surface area contributed by atoms with E-state index >= 15 is 0 Å². The Labute approximate surface area is 112 Å². The molecule has 0 aliphatic carbocycles. The quantitative estimate of drug-likeness (QED) is 0.893. The fraction of sp³-hybridized carbons (Fsp3) is 0.308. The van der Waals surface area contributed by atoms with Gasteiger partial charge in [0, 0.05) is 11.9 Å². The summed E-state index contributed by atoms with van der Waals surface area (Å²) in [5.41, 5.74) is 6.21. The van der Waals surface area contributed by atoms with Crippen molar-refractivity contribution in [3.63, 3.8) is 0 Å². The number of fused-ring (bicyclic) bond motifs is 1. The lowest BCUT2D eigenvalue weighted by Crippen LogP contribution is -2.30. The lowest BCUT2D eigenvalue weighted by Gasteiger charge is -2.08. The van der Waals surface area contributed by atoms with Crippen molar-refractivity contribution in [3.8, 4) is 0 Å². The minimum absolute atomic E-state index is 0. The van der Waals surface area contributed by atoms with Gasteiger partial charge in [0.05, 0.1) is 0 Å². The maximum atomic E-state index is 11.8. The lowest BCUT2D eigenvalue weighted by atomic mass is 10.2. The Bertz CT molecular complexity index is 491. The standard InChI is InChI=1S/C13H16N2O2.ClH/c1-9(7-14)8-15-13(16)12-6-10-4-2-3-5-11(10)17-12;/h2-6,9H,7-8,14H2,1H3,(H,15,16);1H. The van der Waals surface area contributed by atoms with E-state index in [1.165, 1.54) is 0 Å². The topological polar surface area (TPSA) is 68.3 Å². The molecular weight excluding hydrogens is 252 g/mol. The summed E-state index contributed by atoms with van der Waals surface area (Å²) in [5.74, 6) is 0.417. The van der Waals surface area contributed by atoms with Gasteiger partial charge in [-0.3, -0.25) is 4.79 Å². The number of amides is 1. The highest BCUT2D eigenvalue weighted by Gasteiger charge is 2.12. The third-order valence-electron chi connectivity index (χ3n) is 2.66. The number of carbonyl (C=O) groups is 1. The molecule has 0 saturated heterocycles. The Morgan fingerprint density at radius 1 is 1.44 bits per heavy atom. The Morgan fingerprint density at radius 2 is 2.17 bits per heavy atom. The van der Waals surface area contributed by atoms with Crippen LogP contribution in [-0.2, 0) is 0 Å². The first kappa shape index (κ1) is 14.5. The van der Waals surface area contributed by atoms with Gasteiger partial charge in [0.1, 0.15) is 5.58 Å². The number of rotatable bonds is 4. The number of furan rings is 1. The zero-order chi connectivity index (χ0) is 12.3. The zero-order valence-corrected chi connectivity index (χ0v) is 11.0. The van der Waals surface area contributed by atoms with Crippen LogP contribution in [-0.4, -0.2) is 19.0 Å². The molecule has 0 aliphatic heterocycles. The van der Waals surface area contributed by atoms with Gasteiger partial charge in [0.25, 0.3) is 5.91 Å². The molecule has 3 N–H and O–H groups in total. The third kappa shape index (κ3) is 3.24. The van der Waals surface area contributed by atoms with E-state index in [1.54, 1.807) is 6.07 Å². The number of carbonyl (C=O) groups excluding carboxylic acids is 1. The van der Waals surface area contributed by atoms with Gasteiger partial charge in [-0.2, -0.15) is 0 Å². The highest BCUT2D eigenvalue weighted by molar-refractivity contribution is 5.96. The number of nitrogens with two attached hydrogens (primary N) is 1. The first-order valence-corrected chi connectivity index (χ1v) is 5.67. The molecule has 0 bridgehead atoms. The van der Waals surface area contributed by atoms with Gasteiger partial charge in [-0.1, -0.05) is 25.1 Å². The van der Waals surface area contributed by atoms with Gasteiger partial charge in [-0.05, 0) is 24.6 Å². The van der Waals surface area contributed by atoms with E-state index in [0.29, 0.717) is 18.8 Å². The smallest absolute Gasteiger partial charge is 0.287 e. The van der Waals surface area contributed by atoms with E-state index in [0.717, 1.165) is 11.0 Å². The molecule has 2 aromatic rings. The van der Waals surface area contributed by atoms with Gasteiger partial charge >= 0.3 is 0 Å². The zero-order valence-electron chi connectivity index (χ0n) is 10.2. The molecule has 1 atom stereocenters. The van der Waals surface area contributed by atoms with Gasteiger partial charge in [-0.15, -0.1) is 12.4 Å². The maximum Gasteiger partial charge on any atom is 0.287 e. The minimum Gasteiger partial charge on any atom is -0.451 e. The van der Waals surface area contributed by atoms with Crippen molar-refractivity contribution in [2.75, 3.05) is 13.1 Å². The number of hydrogen-bond acceptors (Lipinski definition) is 3. The second-order valence-corrected chi connectivity index (χ2v) is 4.20. The van der Waals surface area contributed by atoms with Crippen molar-refractivity contribution < 1.29 is 9.21 Å². The van der Waals surface area contributed by atoms with Crippen molar-refractivity contribution >= 4 is 29.3 Å². The predicted octanol–water partition coefficient (Wildman–Crippen LogP) is 2.18. The summed E-state index contributed by atoms with van der Waals surface area (Å²) in [6, 6.07) is 9.30. The summed E-state index contributed by atoms with van der Waals surface area (Å²) in [4.78, 5) is 11.8. The molecule has 1 heterocycles. The van der Waals surface area contributed by atoms with Crippen molar-refractivity contribution in [2.45, 2.75) is 6.92 Å². The molecule has 2 rings (SSSR count). The Morgan fingerprint density at radius 3 is 2.83 bits per heavy atom. The molecule has 98 valence electrons. The van der Waals surface area contributed by atoms with Crippen LogP contribution in [0.1, 0.15) is 17.5 Å². The van der Waals surface area contributed by atoms with Crippen molar-refractivity contribution in [2.24, 2.45) is 11.7 Å². The first-order valence-electron chi connectivity index (χ1n) is 5.67. The summed E-state index contributed by atoms with van der Waals surface area (Å²) in [6.07, 6.45) is 0. The molecular formula is C13H17ClN2O2. The number of halogens is 1. The number of nitrogens with one attached hydrogen (secondary N) is 1. The average molecular weight is 269 g/mol. The average Bonchev–Trinajstić information content (AvgIpc) is 2.79. The van der Waals surface area contributed by atoms with E-state index in [9.17, 15) is 4.79 Å². The van der Waals surface area contributed by atoms with E-state index in [1.807, 2.05) is 31.2 Å². The molecule has 1 aromatic carbocycles. The summed E-state index contributed by atoms with van der Waals surface area (Å²) >= 11 is 0. The third-order valence-corrected chi connectivity index (χ3v) is 2.66. The predicted molar refractivity (Wildman–Crippen MR) is 74.0 cm³/mol. The molecule has 0 aliphatic rings. The van der Waals surface area contributed by atoms with Gasteiger partial charge < -0.3 is 15.5 Å². The molecule has 18 heavy (non-hydrogen) atoms. The second-order valence-electron chi connectivity index (χ2n) is 4.20. The van der Waals surface area contributed by atoms with Crippen molar-refractivity contribution in [1.29, 1.82) is 0 Å². The normalized spacial score (nSPS) is 11.9. The Kier molecular flexibility index (Phi) is 5.19. The van der Waals surface area contributed by atoms with Gasteiger partial charge in [0.15, 0.2) is 5.76 Å². The molecule has 1 amide bonds. The number of para-hydroxylation sites is 1. The molecule has 0 saturated carbocycles. The van der Waals surface area contributed by atoms with Crippen molar-refractivity contribution in [3.05, 3.63) is 36.1 Å². The highest BCUT2D eigenvalue weighted by atomic mass is 35.5. The molecule has 1 unspecified atom stereocenters. The van der Waals surface area contributed by atoms with Crippen LogP contribution in [0.2, 0.25) is 0 Å². The molecule has 0 spiro atoms. The van der Waals surface area contributed by atoms with E-state index in [4.69, 9.17) is 10.2 Å². The van der Waals surface area contributed by atoms with Crippen LogP contribution in [0.25, 0.3) is 11.0 Å². The molecule has 5 heteroatoms. The highest BCUT2D eigenvalue weighted by Crippen LogP contribution is 2.18. The molecule has 0 radical (unpaired) electrons. The van der Waals surface area contributed by atoms with E-state index < -0.39 is 0 Å². The van der Waals surface area contributed by atoms with E-state index in [-0.39, 0.29) is 24.2 Å². The summed E-state index contributed by atoms with van der Waals surface area (Å²) in [6.45, 7) is 3.10. The first-order chi connectivity index (χ1) is 8.20. The monoisotopic (exact) mass is 268 g/mol. The molecule has 0 fully saturated rings. The number of benzene rings is 1. The summed E-state index contributed by atoms with van der Waals surface area (Å²) in [5, 5.41) is 3.73. The van der Waals surface area contributed by atoms with Crippen LogP contribution < -0.4 is 11.1 Å². The fourth-order valence-electron chi connectivity index (χ4n) is 1.53. The molecule has 1 aromatic heterocycles. The summed E-state index contributed by atoms with van der Waals surface area (Å²) < 4.78 is 5.45. The van der Waals surface area contributed by atoms with Crippen LogP contribution in [0.4, 0.5) is 0 Å². The van der Waals surface area contributed by atoms with Gasteiger partial charge in [0.2, 0.25) is 0 Å². The van der Waals surface area contributed by atoms with Crippen LogP contribution in [0, 0.1) is 5.92 Å². The van der Waals surface area contributed by atoms with Crippen LogP contribution in [0.15, 0.2) is 34.7 Å². The fourth-order valence-corrected chi connectivity index (χ4v) is 1.53. The van der Waals surface area contributed by atoms with Crippen LogP contribution >= 0.6 is 12.4 Å². The number of hydrogen-bond donors (Lipinski definition) is 2. The lowest BCUT2D eigenvalue weighted by molar-refractivity contribution is 0.0923. The van der Waals surface area contributed by atoms with E-state index in [2.05, 4.69) is 5.32 Å². The Hall–Kier alpha value is -1.52. The SMILES string of the molecule is CC(CN)CNC(=O)c1cc2ccccc2o1.Cl. The van der Waals surface area contributed by atoms with Crippen LogP contribution in [0.3, 0.4) is 0 Å². The van der Waals surface area contributed by atoms with Crippen LogP contribution in [0.5, 0.6) is 0 Å². The van der Waals surface area contributed by atoms with Gasteiger partial charge in [-0.25, -0.2) is 0 Å². The molecule has 4 nitrogen and oxygen atoms in total. The summed E-state index contributed by atoms with van der Waals surface area (Å²) in [7, 11) is 0.